The van der Waals surface area contributed by atoms with E-state index < -0.39 is 0 Å². The molecule has 1 N–H and O–H groups in total. The monoisotopic (exact) mass is 253 g/mol. The van der Waals surface area contributed by atoms with E-state index in [1.165, 1.54) is 17.9 Å². The van der Waals surface area contributed by atoms with Crippen LogP contribution in [-0.2, 0) is 0 Å². The lowest BCUT2D eigenvalue weighted by Crippen LogP contribution is -2.15. The van der Waals surface area contributed by atoms with Gasteiger partial charge in [-0.2, -0.15) is 16.7 Å². The van der Waals surface area contributed by atoms with E-state index in [2.05, 4.69) is 15.3 Å². The van der Waals surface area contributed by atoms with Crippen molar-refractivity contribution in [1.82, 2.24) is 9.97 Å². The molecule has 4 nitrogen and oxygen atoms in total. The molecule has 1 aliphatic rings. The lowest BCUT2D eigenvalue weighted by Gasteiger charge is -2.12. The Kier molecular flexibility index (Phi) is 4.48. The van der Waals surface area contributed by atoms with Gasteiger partial charge < -0.3 is 10.1 Å². The van der Waals surface area contributed by atoms with Gasteiger partial charge in [0.2, 0.25) is 11.8 Å². The molecule has 1 aliphatic heterocycles. The first-order chi connectivity index (χ1) is 8.24. The molecule has 2 rings (SSSR count). The number of anilines is 1. The van der Waals surface area contributed by atoms with E-state index in [9.17, 15) is 0 Å². The zero-order valence-electron chi connectivity index (χ0n) is 10.3. The molecule has 0 aromatic carbocycles. The van der Waals surface area contributed by atoms with Crippen LogP contribution in [-0.4, -0.2) is 34.1 Å². The Morgan fingerprint density at radius 3 is 3.18 bits per heavy atom. The van der Waals surface area contributed by atoms with Gasteiger partial charge in [0.25, 0.3) is 0 Å². The van der Waals surface area contributed by atoms with Crippen LogP contribution in [0.5, 0.6) is 5.88 Å². The second-order valence-corrected chi connectivity index (χ2v) is 5.65. The van der Waals surface area contributed by atoms with E-state index in [0.717, 1.165) is 12.5 Å². The molecule has 1 saturated heterocycles. The van der Waals surface area contributed by atoms with Crippen molar-refractivity contribution in [2.75, 3.05) is 23.4 Å². The Morgan fingerprint density at radius 2 is 2.47 bits per heavy atom. The van der Waals surface area contributed by atoms with Gasteiger partial charge in [-0.05, 0) is 37.7 Å². The highest BCUT2D eigenvalue weighted by Crippen LogP contribution is 2.23. The Labute approximate surface area is 107 Å². The summed E-state index contributed by atoms with van der Waals surface area (Å²) in [7, 11) is 0. The molecule has 0 bridgehead atoms. The topological polar surface area (TPSA) is 47.0 Å². The zero-order valence-corrected chi connectivity index (χ0v) is 11.2. The summed E-state index contributed by atoms with van der Waals surface area (Å²) in [6.07, 6.45) is 3.17. The largest absolute Gasteiger partial charge is 0.475 e. The quantitative estimate of drug-likeness (QED) is 0.873. The van der Waals surface area contributed by atoms with Gasteiger partial charge in [-0.3, -0.25) is 0 Å². The van der Waals surface area contributed by atoms with Crippen molar-refractivity contribution >= 4 is 17.7 Å². The number of rotatable bonds is 5. The first-order valence-corrected chi connectivity index (χ1v) is 7.21. The van der Waals surface area contributed by atoms with Crippen LogP contribution in [0.3, 0.4) is 0 Å². The Hall–Kier alpha value is -0.970. The van der Waals surface area contributed by atoms with E-state index in [0.29, 0.717) is 11.8 Å². The Morgan fingerprint density at radius 1 is 1.59 bits per heavy atom. The highest BCUT2D eigenvalue weighted by atomic mass is 32.2. The molecule has 1 aromatic rings. The van der Waals surface area contributed by atoms with Gasteiger partial charge in [-0.1, -0.05) is 0 Å². The fraction of sp³-hybridized carbons (Fsp3) is 0.667. The molecule has 0 aliphatic carbocycles. The van der Waals surface area contributed by atoms with E-state index in [4.69, 9.17) is 4.74 Å². The van der Waals surface area contributed by atoms with Crippen LogP contribution in [0.1, 0.15) is 20.3 Å². The van der Waals surface area contributed by atoms with Crippen molar-refractivity contribution in [2.24, 2.45) is 5.92 Å². The lowest BCUT2D eigenvalue weighted by molar-refractivity contribution is 0.232. The molecule has 0 amide bonds. The molecular weight excluding hydrogens is 234 g/mol. The molecule has 2 heterocycles. The first-order valence-electron chi connectivity index (χ1n) is 6.05. The molecular formula is C12H19N3OS. The highest BCUT2D eigenvalue weighted by Gasteiger charge is 2.15. The van der Waals surface area contributed by atoms with Crippen LogP contribution in [0, 0.1) is 5.92 Å². The predicted octanol–water partition coefficient (Wildman–Crippen LogP) is 2.43. The highest BCUT2D eigenvalue weighted by molar-refractivity contribution is 7.99. The minimum absolute atomic E-state index is 0.143. The summed E-state index contributed by atoms with van der Waals surface area (Å²) in [5.41, 5.74) is 0. The summed E-state index contributed by atoms with van der Waals surface area (Å²) in [4.78, 5) is 8.52. The fourth-order valence-corrected chi connectivity index (χ4v) is 3.00. The lowest BCUT2D eigenvalue weighted by atomic mass is 10.1. The summed E-state index contributed by atoms with van der Waals surface area (Å²) >= 11 is 2.02. The molecule has 1 fully saturated rings. The van der Waals surface area contributed by atoms with Crippen LogP contribution in [0.25, 0.3) is 0 Å². The number of nitrogens with one attached hydrogen (secondary N) is 1. The minimum Gasteiger partial charge on any atom is -0.475 e. The van der Waals surface area contributed by atoms with Gasteiger partial charge in [0, 0.05) is 18.8 Å². The summed E-state index contributed by atoms with van der Waals surface area (Å²) in [6.45, 7) is 4.94. The second kappa shape index (κ2) is 6.10. The molecule has 0 radical (unpaired) electrons. The third-order valence-corrected chi connectivity index (χ3v) is 3.79. The van der Waals surface area contributed by atoms with E-state index in [1.54, 1.807) is 12.3 Å². The van der Waals surface area contributed by atoms with Crippen LogP contribution >= 0.6 is 11.8 Å². The van der Waals surface area contributed by atoms with Crippen LogP contribution < -0.4 is 10.1 Å². The fourth-order valence-electron chi connectivity index (χ4n) is 1.71. The minimum atomic E-state index is 0.143. The molecule has 1 atom stereocenters. The predicted molar refractivity (Wildman–Crippen MR) is 71.7 cm³/mol. The maximum atomic E-state index is 5.53. The van der Waals surface area contributed by atoms with E-state index in [-0.39, 0.29) is 6.10 Å². The molecule has 17 heavy (non-hydrogen) atoms. The summed E-state index contributed by atoms with van der Waals surface area (Å²) in [6, 6.07) is 1.79. The average Bonchev–Trinajstić information content (AvgIpc) is 2.79. The van der Waals surface area contributed by atoms with Crippen LogP contribution in [0.4, 0.5) is 5.95 Å². The van der Waals surface area contributed by atoms with Crippen LogP contribution in [0.2, 0.25) is 0 Å². The molecule has 0 saturated carbocycles. The van der Waals surface area contributed by atoms with E-state index in [1.807, 2.05) is 25.6 Å². The van der Waals surface area contributed by atoms with Gasteiger partial charge in [-0.15, -0.1) is 0 Å². The van der Waals surface area contributed by atoms with Gasteiger partial charge in [0.1, 0.15) is 0 Å². The van der Waals surface area contributed by atoms with Crippen molar-refractivity contribution in [3.05, 3.63) is 12.3 Å². The number of aromatic nitrogens is 2. The SMILES string of the molecule is CC(C)Oc1ccnc(NCC2CCSC2)n1. The number of thioether (sulfide) groups is 1. The Bertz CT molecular complexity index is 353. The Balaban J connectivity index is 1.86. The molecule has 1 unspecified atom stereocenters. The number of ether oxygens (including phenoxy) is 1. The number of hydrogen-bond acceptors (Lipinski definition) is 5. The van der Waals surface area contributed by atoms with Gasteiger partial charge in [0.15, 0.2) is 0 Å². The zero-order chi connectivity index (χ0) is 12.1. The van der Waals surface area contributed by atoms with Crippen molar-refractivity contribution in [3.8, 4) is 5.88 Å². The maximum Gasteiger partial charge on any atom is 0.225 e. The summed E-state index contributed by atoms with van der Waals surface area (Å²) in [5.74, 6) is 4.58. The van der Waals surface area contributed by atoms with E-state index >= 15 is 0 Å². The van der Waals surface area contributed by atoms with Crippen molar-refractivity contribution in [2.45, 2.75) is 26.4 Å². The van der Waals surface area contributed by atoms with Crippen LogP contribution in [0.15, 0.2) is 12.3 Å². The average molecular weight is 253 g/mol. The standard InChI is InChI=1S/C12H19N3OS/c1-9(2)16-11-3-5-13-12(15-11)14-7-10-4-6-17-8-10/h3,5,9-10H,4,6-8H2,1-2H3,(H,13,14,15). The van der Waals surface area contributed by atoms with Crippen molar-refractivity contribution in [1.29, 1.82) is 0 Å². The third-order valence-electron chi connectivity index (χ3n) is 2.56. The number of nitrogens with zero attached hydrogens (tertiary/aromatic N) is 2. The first kappa shape index (κ1) is 12.5. The van der Waals surface area contributed by atoms with Gasteiger partial charge in [0.05, 0.1) is 6.10 Å². The normalized spacial score (nSPS) is 19.6. The molecule has 5 heteroatoms. The molecule has 1 aromatic heterocycles. The van der Waals surface area contributed by atoms with Gasteiger partial charge in [-0.25, -0.2) is 4.98 Å². The summed E-state index contributed by atoms with van der Waals surface area (Å²) < 4.78 is 5.53. The van der Waals surface area contributed by atoms with Gasteiger partial charge >= 0.3 is 0 Å². The van der Waals surface area contributed by atoms with Crippen molar-refractivity contribution < 1.29 is 4.74 Å². The molecule has 0 spiro atoms. The smallest absolute Gasteiger partial charge is 0.225 e. The summed E-state index contributed by atoms with van der Waals surface area (Å²) in [5, 5.41) is 3.28. The number of hydrogen-bond donors (Lipinski definition) is 1. The maximum absolute atomic E-state index is 5.53. The third kappa shape index (κ3) is 4.07. The van der Waals surface area contributed by atoms with Crippen molar-refractivity contribution in [3.63, 3.8) is 0 Å². The molecule has 94 valence electrons. The second-order valence-electron chi connectivity index (χ2n) is 4.50.